The summed E-state index contributed by atoms with van der Waals surface area (Å²) in [7, 11) is 0. The Hall–Kier alpha value is -3.45. The summed E-state index contributed by atoms with van der Waals surface area (Å²) < 4.78 is 20.6. The molecule has 4 rings (SSSR count). The lowest BCUT2D eigenvalue weighted by Gasteiger charge is -2.28. The minimum absolute atomic E-state index is 0.200. The number of anilines is 1. The van der Waals surface area contributed by atoms with Crippen LogP contribution in [0.15, 0.2) is 71.7 Å². The molecular formula is C26H29FN4O2. The van der Waals surface area contributed by atoms with Crippen LogP contribution in [-0.4, -0.2) is 48.0 Å². The average molecular weight is 449 g/mol. The Morgan fingerprint density at radius 2 is 1.88 bits per heavy atom. The van der Waals surface area contributed by atoms with Crippen LogP contribution in [0.4, 0.5) is 10.1 Å². The molecule has 1 aromatic heterocycles. The Bertz CT molecular complexity index is 1120. The molecule has 7 heteroatoms. The van der Waals surface area contributed by atoms with Crippen molar-refractivity contribution in [1.29, 1.82) is 5.41 Å². The molecule has 2 N–H and O–H groups in total. The Balaban J connectivity index is 1.39. The van der Waals surface area contributed by atoms with E-state index in [0.717, 1.165) is 30.9 Å². The van der Waals surface area contributed by atoms with Gasteiger partial charge in [0.25, 0.3) is 5.56 Å². The minimum Gasteiger partial charge on any atom is -0.489 e. The lowest BCUT2D eigenvalue weighted by Crippen LogP contribution is -2.37. The van der Waals surface area contributed by atoms with Crippen molar-refractivity contribution in [3.8, 4) is 11.4 Å². The number of rotatable bonds is 9. The molecular weight excluding hydrogens is 419 g/mol. The topological polar surface area (TPSA) is 70.3 Å². The van der Waals surface area contributed by atoms with E-state index in [1.54, 1.807) is 12.3 Å². The summed E-state index contributed by atoms with van der Waals surface area (Å²) >= 11 is 0. The number of likely N-dealkylation sites (tertiary alicyclic amines) is 1. The first-order valence-electron chi connectivity index (χ1n) is 11.3. The number of benzene rings is 2. The maximum absolute atomic E-state index is 13.3. The van der Waals surface area contributed by atoms with Gasteiger partial charge in [-0.1, -0.05) is 30.3 Å². The third-order valence-electron chi connectivity index (χ3n) is 5.87. The van der Waals surface area contributed by atoms with Crippen LogP contribution >= 0.6 is 0 Å². The molecule has 0 saturated carbocycles. The van der Waals surface area contributed by atoms with Gasteiger partial charge in [-0.05, 0) is 42.7 Å². The maximum atomic E-state index is 13.3. The average Bonchev–Trinajstić information content (AvgIpc) is 2.85. The van der Waals surface area contributed by atoms with Crippen molar-refractivity contribution in [1.82, 2.24) is 9.47 Å². The van der Waals surface area contributed by atoms with Gasteiger partial charge in [-0.15, -0.1) is 0 Å². The molecule has 6 nitrogen and oxygen atoms in total. The SMILES string of the molecule is N=Cc1cc(-n2ccc(OCc3ccccc3)cc2=O)ccc1NCCN1CCC(F)CC1. The van der Waals surface area contributed by atoms with Crippen LogP contribution in [-0.2, 0) is 6.61 Å². The van der Waals surface area contributed by atoms with E-state index in [-0.39, 0.29) is 5.56 Å². The molecule has 0 unspecified atom stereocenters. The van der Waals surface area contributed by atoms with E-state index in [1.165, 1.54) is 16.8 Å². The van der Waals surface area contributed by atoms with Gasteiger partial charge in [-0.25, -0.2) is 4.39 Å². The van der Waals surface area contributed by atoms with Gasteiger partial charge in [-0.2, -0.15) is 0 Å². The van der Waals surface area contributed by atoms with Gasteiger partial charge in [0.15, 0.2) is 0 Å². The second-order valence-corrected chi connectivity index (χ2v) is 8.20. The Kier molecular flexibility index (Phi) is 7.52. The molecule has 33 heavy (non-hydrogen) atoms. The number of alkyl halides is 1. The van der Waals surface area contributed by atoms with Gasteiger partial charge in [0.05, 0.1) is 0 Å². The molecule has 0 amide bonds. The first kappa shape index (κ1) is 22.7. The van der Waals surface area contributed by atoms with Gasteiger partial charge < -0.3 is 20.4 Å². The molecule has 3 aromatic rings. The molecule has 1 saturated heterocycles. The number of pyridine rings is 1. The van der Waals surface area contributed by atoms with Crippen LogP contribution in [0.25, 0.3) is 5.69 Å². The summed E-state index contributed by atoms with van der Waals surface area (Å²) in [5, 5.41) is 11.2. The van der Waals surface area contributed by atoms with E-state index in [0.29, 0.717) is 43.0 Å². The molecule has 1 aliphatic rings. The van der Waals surface area contributed by atoms with Crippen molar-refractivity contribution in [2.75, 3.05) is 31.5 Å². The molecule has 172 valence electrons. The zero-order valence-corrected chi connectivity index (χ0v) is 18.5. The molecule has 1 aliphatic heterocycles. The van der Waals surface area contributed by atoms with Gasteiger partial charge in [0, 0.05) is 61.6 Å². The fourth-order valence-corrected chi connectivity index (χ4v) is 3.96. The highest BCUT2D eigenvalue weighted by Gasteiger charge is 2.17. The summed E-state index contributed by atoms with van der Waals surface area (Å²) in [5.41, 5.74) is 3.06. The van der Waals surface area contributed by atoms with Crippen molar-refractivity contribution in [2.45, 2.75) is 25.6 Å². The van der Waals surface area contributed by atoms with Crippen molar-refractivity contribution in [2.24, 2.45) is 0 Å². The van der Waals surface area contributed by atoms with Crippen LogP contribution < -0.4 is 15.6 Å². The van der Waals surface area contributed by atoms with Crippen LogP contribution in [0.2, 0.25) is 0 Å². The molecule has 0 atom stereocenters. The molecule has 0 aliphatic carbocycles. The molecule has 0 radical (unpaired) electrons. The Morgan fingerprint density at radius 3 is 2.61 bits per heavy atom. The van der Waals surface area contributed by atoms with Crippen molar-refractivity contribution in [3.05, 3.63) is 88.3 Å². The molecule has 1 fully saturated rings. The summed E-state index contributed by atoms with van der Waals surface area (Å²) in [6, 6.07) is 18.6. The van der Waals surface area contributed by atoms with Gasteiger partial charge in [-0.3, -0.25) is 9.36 Å². The highest BCUT2D eigenvalue weighted by molar-refractivity contribution is 5.86. The number of piperidine rings is 1. The fraction of sp³-hybridized carbons (Fsp3) is 0.308. The number of hydrogen-bond acceptors (Lipinski definition) is 5. The first-order valence-corrected chi connectivity index (χ1v) is 11.3. The van der Waals surface area contributed by atoms with E-state index in [1.807, 2.05) is 48.5 Å². The predicted octanol–water partition coefficient (Wildman–Crippen LogP) is 4.26. The first-order chi connectivity index (χ1) is 16.1. The second-order valence-electron chi connectivity index (χ2n) is 8.20. The predicted molar refractivity (Wildman–Crippen MR) is 130 cm³/mol. The lowest BCUT2D eigenvalue weighted by molar-refractivity contribution is 0.155. The van der Waals surface area contributed by atoms with E-state index in [9.17, 15) is 9.18 Å². The lowest BCUT2D eigenvalue weighted by atomic mass is 10.1. The quantitative estimate of drug-likeness (QED) is 0.480. The highest BCUT2D eigenvalue weighted by Crippen LogP contribution is 2.19. The summed E-state index contributed by atoms with van der Waals surface area (Å²) in [6.07, 6.45) is 3.51. The van der Waals surface area contributed by atoms with E-state index < -0.39 is 6.17 Å². The largest absolute Gasteiger partial charge is 0.489 e. The summed E-state index contributed by atoms with van der Waals surface area (Å²) in [5.74, 6) is 0.516. The van der Waals surface area contributed by atoms with Crippen LogP contribution in [0, 0.1) is 5.41 Å². The van der Waals surface area contributed by atoms with Crippen molar-refractivity contribution < 1.29 is 9.13 Å². The van der Waals surface area contributed by atoms with Gasteiger partial charge in [0.1, 0.15) is 18.5 Å². The van der Waals surface area contributed by atoms with E-state index in [2.05, 4.69) is 10.2 Å². The third-order valence-corrected chi connectivity index (χ3v) is 5.87. The van der Waals surface area contributed by atoms with E-state index >= 15 is 0 Å². The van der Waals surface area contributed by atoms with E-state index in [4.69, 9.17) is 10.1 Å². The Morgan fingerprint density at radius 1 is 1.09 bits per heavy atom. The number of hydrogen-bond donors (Lipinski definition) is 2. The Labute approximate surface area is 193 Å². The number of ether oxygens (including phenoxy) is 1. The number of halogens is 1. The standard InChI is InChI=1S/C26H29FN4O2/c27-22-8-12-30(13-9-22)15-11-29-25-7-6-23(16-21(25)18-28)31-14-10-24(17-26(31)32)33-19-20-4-2-1-3-5-20/h1-7,10,14,16-18,22,28-29H,8-9,11-13,15,19H2. The van der Waals surface area contributed by atoms with Gasteiger partial charge in [0.2, 0.25) is 0 Å². The molecule has 0 bridgehead atoms. The van der Waals surface area contributed by atoms with Gasteiger partial charge >= 0.3 is 0 Å². The zero-order chi connectivity index (χ0) is 23.0. The molecule has 0 spiro atoms. The van der Waals surface area contributed by atoms with Crippen LogP contribution in [0.5, 0.6) is 5.75 Å². The van der Waals surface area contributed by atoms with Crippen molar-refractivity contribution >= 4 is 11.9 Å². The smallest absolute Gasteiger partial charge is 0.258 e. The summed E-state index contributed by atoms with van der Waals surface area (Å²) in [6.45, 7) is 3.51. The summed E-state index contributed by atoms with van der Waals surface area (Å²) in [4.78, 5) is 14.9. The number of nitrogens with one attached hydrogen (secondary N) is 2. The minimum atomic E-state index is -0.667. The fourth-order valence-electron chi connectivity index (χ4n) is 3.96. The van der Waals surface area contributed by atoms with Crippen molar-refractivity contribution in [3.63, 3.8) is 0 Å². The van der Waals surface area contributed by atoms with Crippen LogP contribution in [0.1, 0.15) is 24.0 Å². The zero-order valence-electron chi connectivity index (χ0n) is 18.5. The number of nitrogens with zero attached hydrogens (tertiary/aromatic N) is 2. The van der Waals surface area contributed by atoms with Crippen LogP contribution in [0.3, 0.4) is 0 Å². The molecule has 2 aromatic carbocycles. The monoisotopic (exact) mass is 448 g/mol. The second kappa shape index (κ2) is 10.9. The normalized spacial score (nSPS) is 14.7. The molecule has 2 heterocycles. The highest BCUT2D eigenvalue weighted by atomic mass is 19.1. The number of aromatic nitrogens is 1. The maximum Gasteiger partial charge on any atom is 0.258 e. The third kappa shape index (κ3) is 6.08.